The number of hydrogen-bond donors (Lipinski definition) is 2. The predicted molar refractivity (Wildman–Crippen MR) is 118 cm³/mol. The molecule has 0 bridgehead atoms. The van der Waals surface area contributed by atoms with Crippen LogP contribution >= 0.6 is 0 Å². The topological polar surface area (TPSA) is 112 Å². The number of carbonyl (C=O) groups is 2. The first-order chi connectivity index (χ1) is 14.6. The van der Waals surface area contributed by atoms with Gasteiger partial charge in [-0.15, -0.1) is 0 Å². The minimum atomic E-state index is -0.998. The Morgan fingerprint density at radius 1 is 1.10 bits per heavy atom. The summed E-state index contributed by atoms with van der Waals surface area (Å²) in [5.74, 6) is -0.584. The minimum Gasteiger partial charge on any atom is -0.497 e. The molecular weight excluding hydrogens is 396 g/mol. The molecule has 0 aliphatic rings. The Labute approximate surface area is 180 Å². The third-order valence-corrected chi connectivity index (χ3v) is 5.12. The lowest BCUT2D eigenvalue weighted by Crippen LogP contribution is -2.46. The molecule has 0 saturated heterocycles. The van der Waals surface area contributed by atoms with Crippen LogP contribution in [0.25, 0.3) is 11.0 Å². The highest BCUT2D eigenvalue weighted by atomic mass is 16.5. The number of fused-ring (bicyclic) bond motifs is 1. The van der Waals surface area contributed by atoms with Crippen LogP contribution < -0.4 is 21.4 Å². The molecule has 31 heavy (non-hydrogen) atoms. The Hall–Kier alpha value is -3.61. The normalized spacial score (nSPS) is 12.4. The summed E-state index contributed by atoms with van der Waals surface area (Å²) in [5.41, 5.74) is 7.32. The molecule has 2 amide bonds. The van der Waals surface area contributed by atoms with Crippen LogP contribution in [0, 0.1) is 0 Å². The van der Waals surface area contributed by atoms with Crippen molar-refractivity contribution in [1.82, 2.24) is 5.32 Å². The van der Waals surface area contributed by atoms with Crippen LogP contribution in [0.2, 0.25) is 0 Å². The fourth-order valence-electron chi connectivity index (χ4n) is 3.31. The van der Waals surface area contributed by atoms with E-state index in [1.807, 2.05) is 12.1 Å². The van der Waals surface area contributed by atoms with Crippen molar-refractivity contribution in [2.75, 3.05) is 7.11 Å². The molecule has 0 saturated carbocycles. The van der Waals surface area contributed by atoms with E-state index in [-0.39, 0.29) is 11.8 Å². The van der Waals surface area contributed by atoms with Crippen LogP contribution in [-0.2, 0) is 16.6 Å². The van der Waals surface area contributed by atoms with Gasteiger partial charge >= 0.3 is 5.63 Å². The number of nitrogens with one attached hydrogen (secondary N) is 1. The van der Waals surface area contributed by atoms with E-state index in [9.17, 15) is 14.4 Å². The van der Waals surface area contributed by atoms with Crippen molar-refractivity contribution >= 4 is 22.8 Å². The van der Waals surface area contributed by atoms with Gasteiger partial charge in [0.05, 0.1) is 7.11 Å². The lowest BCUT2D eigenvalue weighted by atomic mass is 9.86. The molecule has 3 rings (SSSR count). The summed E-state index contributed by atoms with van der Waals surface area (Å²) in [6.45, 7) is 6.25. The van der Waals surface area contributed by atoms with Crippen molar-refractivity contribution in [1.29, 1.82) is 0 Å². The molecule has 1 aromatic heterocycles. The third-order valence-electron chi connectivity index (χ3n) is 5.12. The van der Waals surface area contributed by atoms with Crippen molar-refractivity contribution in [3.05, 3.63) is 75.6 Å². The molecule has 0 radical (unpaired) electrons. The number of methoxy groups -OCH3 is 1. The monoisotopic (exact) mass is 422 g/mol. The maximum atomic E-state index is 12.7. The van der Waals surface area contributed by atoms with E-state index in [0.717, 1.165) is 5.56 Å². The van der Waals surface area contributed by atoms with Crippen molar-refractivity contribution in [2.45, 2.75) is 38.6 Å². The fourth-order valence-corrected chi connectivity index (χ4v) is 3.31. The minimum absolute atomic E-state index is 0.0388. The van der Waals surface area contributed by atoms with Gasteiger partial charge in [-0.05, 0) is 40.8 Å². The van der Waals surface area contributed by atoms with E-state index in [0.29, 0.717) is 27.8 Å². The molecule has 0 spiro atoms. The first-order valence-corrected chi connectivity index (χ1v) is 9.90. The van der Waals surface area contributed by atoms with Gasteiger partial charge in [0.1, 0.15) is 17.4 Å². The van der Waals surface area contributed by atoms with Gasteiger partial charge < -0.3 is 20.2 Å². The number of nitrogens with two attached hydrogens (primary N) is 1. The fraction of sp³-hybridized carbons (Fsp3) is 0.292. The maximum absolute atomic E-state index is 12.7. The molecule has 162 valence electrons. The summed E-state index contributed by atoms with van der Waals surface area (Å²) in [4.78, 5) is 36.8. The first-order valence-electron chi connectivity index (χ1n) is 9.90. The Morgan fingerprint density at radius 2 is 1.77 bits per heavy atom. The molecule has 0 unspecified atom stereocenters. The molecule has 7 heteroatoms. The third kappa shape index (κ3) is 5.12. The summed E-state index contributed by atoms with van der Waals surface area (Å²) in [5, 5.41) is 3.31. The lowest BCUT2D eigenvalue weighted by Gasteiger charge is -2.20. The molecule has 3 aromatic rings. The van der Waals surface area contributed by atoms with Gasteiger partial charge in [-0.3, -0.25) is 9.59 Å². The van der Waals surface area contributed by atoms with Crippen molar-refractivity contribution < 1.29 is 18.7 Å². The second-order valence-corrected chi connectivity index (χ2v) is 8.41. The zero-order chi connectivity index (χ0) is 22.8. The van der Waals surface area contributed by atoms with Crippen LogP contribution in [0.5, 0.6) is 5.75 Å². The van der Waals surface area contributed by atoms with Gasteiger partial charge in [0.15, 0.2) is 0 Å². The van der Waals surface area contributed by atoms with Gasteiger partial charge in [-0.2, -0.15) is 0 Å². The number of primary amides is 1. The van der Waals surface area contributed by atoms with Gasteiger partial charge in [0.2, 0.25) is 5.91 Å². The van der Waals surface area contributed by atoms with Gasteiger partial charge in [0.25, 0.3) is 5.91 Å². The van der Waals surface area contributed by atoms with E-state index in [4.69, 9.17) is 14.9 Å². The van der Waals surface area contributed by atoms with Crippen LogP contribution in [0.1, 0.15) is 42.3 Å². The smallest absolute Gasteiger partial charge is 0.336 e. The van der Waals surface area contributed by atoms with E-state index in [2.05, 4.69) is 26.1 Å². The largest absolute Gasteiger partial charge is 0.497 e. The zero-order valence-electron chi connectivity index (χ0n) is 18.0. The van der Waals surface area contributed by atoms with E-state index in [1.165, 1.54) is 13.2 Å². The summed E-state index contributed by atoms with van der Waals surface area (Å²) in [6.07, 6.45) is 0.0512. The average molecular weight is 422 g/mol. The Kier molecular flexibility index (Phi) is 6.15. The van der Waals surface area contributed by atoms with Crippen LogP contribution in [0.3, 0.4) is 0 Å². The Balaban J connectivity index is 1.86. The van der Waals surface area contributed by atoms with Gasteiger partial charge in [0, 0.05) is 29.5 Å². The summed E-state index contributed by atoms with van der Waals surface area (Å²) < 4.78 is 10.4. The summed E-state index contributed by atoms with van der Waals surface area (Å²) in [7, 11) is 1.51. The van der Waals surface area contributed by atoms with E-state index >= 15 is 0 Å². The quantitative estimate of drug-likeness (QED) is 0.593. The van der Waals surface area contributed by atoms with E-state index < -0.39 is 23.5 Å². The van der Waals surface area contributed by atoms with Crippen molar-refractivity contribution in [3.63, 3.8) is 0 Å². The van der Waals surface area contributed by atoms with Crippen LogP contribution in [0.15, 0.2) is 57.7 Å². The molecule has 0 aliphatic carbocycles. The molecular formula is C24H26N2O5. The van der Waals surface area contributed by atoms with Crippen LogP contribution in [-0.4, -0.2) is 25.0 Å². The molecule has 1 heterocycles. The Morgan fingerprint density at radius 3 is 2.35 bits per heavy atom. The molecule has 0 aliphatic heterocycles. The second kappa shape index (κ2) is 8.63. The lowest BCUT2D eigenvalue weighted by molar-refractivity contribution is -0.119. The average Bonchev–Trinajstić information content (AvgIpc) is 2.71. The van der Waals surface area contributed by atoms with Gasteiger partial charge in [-0.1, -0.05) is 32.9 Å². The summed E-state index contributed by atoms with van der Waals surface area (Å²) >= 11 is 0. The van der Waals surface area contributed by atoms with Crippen molar-refractivity contribution in [3.8, 4) is 5.75 Å². The van der Waals surface area contributed by atoms with Gasteiger partial charge in [-0.25, -0.2) is 4.79 Å². The number of hydrogen-bond acceptors (Lipinski definition) is 5. The second-order valence-electron chi connectivity index (χ2n) is 8.41. The van der Waals surface area contributed by atoms with E-state index in [1.54, 1.807) is 30.3 Å². The highest BCUT2D eigenvalue weighted by Gasteiger charge is 2.22. The highest BCUT2D eigenvalue weighted by molar-refractivity contribution is 5.97. The number of ether oxygens (including phenoxy) is 1. The first kappa shape index (κ1) is 22.1. The molecule has 3 N–H and O–H groups in total. The molecule has 2 aromatic carbocycles. The number of carbonyl (C=O) groups excluding carboxylic acids is 2. The predicted octanol–water partition coefficient (Wildman–Crippen LogP) is 2.93. The zero-order valence-corrected chi connectivity index (χ0v) is 18.0. The standard InChI is InChI=1S/C24H26N2O5/c1-24(2,3)16-7-5-14(6-8-16)23(29)26-19(22(25)28)11-15-12-21(27)31-20-13-17(30-4)9-10-18(15)20/h5-10,12-13,19H,11H2,1-4H3,(H2,25,28)(H,26,29)/t19-/m0/s1. The summed E-state index contributed by atoms with van der Waals surface area (Å²) in [6, 6.07) is 12.6. The number of rotatable bonds is 6. The number of benzene rings is 2. The van der Waals surface area contributed by atoms with Crippen molar-refractivity contribution in [2.24, 2.45) is 5.73 Å². The highest BCUT2D eigenvalue weighted by Crippen LogP contribution is 2.24. The number of amides is 2. The Bertz CT molecular complexity index is 1170. The molecule has 0 fully saturated rings. The van der Waals surface area contributed by atoms with Crippen LogP contribution in [0.4, 0.5) is 0 Å². The maximum Gasteiger partial charge on any atom is 0.336 e. The molecule has 7 nitrogen and oxygen atoms in total. The SMILES string of the molecule is COc1ccc2c(C[C@H](NC(=O)c3ccc(C(C)(C)C)cc3)C(N)=O)cc(=O)oc2c1. The molecule has 1 atom stereocenters.